The van der Waals surface area contributed by atoms with Gasteiger partial charge in [-0.2, -0.15) is 0 Å². The summed E-state index contributed by atoms with van der Waals surface area (Å²) in [5.74, 6) is -1.24. The second-order valence-corrected chi connectivity index (χ2v) is 5.79. The lowest BCUT2D eigenvalue weighted by molar-refractivity contribution is 0.0698. The maximum Gasteiger partial charge on any atom is 0.337 e. The maximum atomic E-state index is 12.9. The van der Waals surface area contributed by atoms with Gasteiger partial charge in [0.15, 0.2) is 0 Å². The number of carbonyl (C=O) groups is 1. The third kappa shape index (κ3) is 4.29. The maximum absolute atomic E-state index is 12.9. The number of hydrogen-bond acceptors (Lipinski definition) is 2. The van der Waals surface area contributed by atoms with E-state index in [0.717, 1.165) is 10.0 Å². The summed E-state index contributed by atoms with van der Waals surface area (Å²) in [5.41, 5.74) is 1.78. The van der Waals surface area contributed by atoms with Crippen molar-refractivity contribution in [3.05, 3.63) is 63.9 Å². The van der Waals surface area contributed by atoms with Crippen LogP contribution in [0.15, 0.2) is 46.9 Å². The Bertz CT molecular complexity index is 643. The van der Waals surface area contributed by atoms with E-state index in [9.17, 15) is 14.3 Å². The SMILES string of the molecule is CC(Cc1ccc(F)cc1)Nc1ccc(Br)cc1C(=O)O. The summed E-state index contributed by atoms with van der Waals surface area (Å²) in [4.78, 5) is 11.2. The summed E-state index contributed by atoms with van der Waals surface area (Å²) in [5, 5.41) is 12.4. The molecule has 0 saturated carbocycles. The van der Waals surface area contributed by atoms with Gasteiger partial charge in [-0.25, -0.2) is 9.18 Å². The predicted molar refractivity (Wildman–Crippen MR) is 84.3 cm³/mol. The van der Waals surface area contributed by atoms with Crippen molar-refractivity contribution < 1.29 is 14.3 Å². The Kier molecular flexibility index (Phi) is 4.96. The molecule has 0 amide bonds. The first kappa shape index (κ1) is 15.5. The van der Waals surface area contributed by atoms with Gasteiger partial charge in [-0.05, 0) is 49.2 Å². The topological polar surface area (TPSA) is 49.3 Å². The highest BCUT2D eigenvalue weighted by Crippen LogP contribution is 2.22. The van der Waals surface area contributed by atoms with E-state index in [0.29, 0.717) is 12.1 Å². The van der Waals surface area contributed by atoms with Crippen molar-refractivity contribution in [2.75, 3.05) is 5.32 Å². The molecule has 0 aromatic heterocycles. The van der Waals surface area contributed by atoms with Crippen LogP contribution in [-0.4, -0.2) is 17.1 Å². The van der Waals surface area contributed by atoms with Crippen LogP contribution in [0.5, 0.6) is 0 Å². The van der Waals surface area contributed by atoms with Gasteiger partial charge in [-0.15, -0.1) is 0 Å². The highest BCUT2D eigenvalue weighted by atomic mass is 79.9. The molecule has 0 radical (unpaired) electrons. The molecular weight excluding hydrogens is 337 g/mol. The van der Waals surface area contributed by atoms with E-state index in [4.69, 9.17) is 0 Å². The largest absolute Gasteiger partial charge is 0.478 e. The monoisotopic (exact) mass is 351 g/mol. The fraction of sp³-hybridized carbons (Fsp3) is 0.188. The number of rotatable bonds is 5. The molecule has 0 bridgehead atoms. The molecule has 1 unspecified atom stereocenters. The zero-order valence-electron chi connectivity index (χ0n) is 11.4. The minimum atomic E-state index is -0.979. The van der Waals surface area contributed by atoms with Gasteiger partial charge in [0.25, 0.3) is 0 Å². The first-order valence-corrected chi connectivity index (χ1v) is 7.29. The van der Waals surface area contributed by atoms with Crippen molar-refractivity contribution in [2.45, 2.75) is 19.4 Å². The van der Waals surface area contributed by atoms with Gasteiger partial charge >= 0.3 is 5.97 Å². The van der Waals surface area contributed by atoms with Crippen molar-refractivity contribution in [1.82, 2.24) is 0 Å². The molecule has 21 heavy (non-hydrogen) atoms. The van der Waals surface area contributed by atoms with E-state index >= 15 is 0 Å². The zero-order chi connectivity index (χ0) is 15.4. The Labute approximate surface area is 130 Å². The van der Waals surface area contributed by atoms with Crippen LogP contribution in [0.25, 0.3) is 0 Å². The molecule has 2 aromatic rings. The smallest absolute Gasteiger partial charge is 0.337 e. The average Bonchev–Trinajstić information content (AvgIpc) is 2.43. The highest BCUT2D eigenvalue weighted by Gasteiger charge is 2.13. The van der Waals surface area contributed by atoms with Gasteiger partial charge in [0.05, 0.1) is 5.56 Å². The second kappa shape index (κ2) is 6.72. The third-order valence-corrected chi connectivity index (χ3v) is 3.56. The van der Waals surface area contributed by atoms with Crippen molar-refractivity contribution >= 4 is 27.6 Å². The van der Waals surface area contributed by atoms with E-state index in [1.54, 1.807) is 30.3 Å². The van der Waals surface area contributed by atoms with E-state index < -0.39 is 5.97 Å². The number of carboxylic acids is 1. The van der Waals surface area contributed by atoms with E-state index in [1.807, 2.05) is 6.92 Å². The molecule has 2 N–H and O–H groups in total. The number of hydrogen-bond donors (Lipinski definition) is 2. The molecule has 2 rings (SSSR count). The molecule has 0 fully saturated rings. The van der Waals surface area contributed by atoms with Crippen LogP contribution in [0.4, 0.5) is 10.1 Å². The quantitative estimate of drug-likeness (QED) is 0.842. The van der Waals surface area contributed by atoms with Gasteiger partial charge < -0.3 is 10.4 Å². The van der Waals surface area contributed by atoms with Crippen LogP contribution in [-0.2, 0) is 6.42 Å². The predicted octanol–water partition coefficient (Wildman–Crippen LogP) is 4.33. The van der Waals surface area contributed by atoms with Gasteiger partial charge in [-0.3, -0.25) is 0 Å². The molecule has 1 atom stereocenters. The van der Waals surface area contributed by atoms with E-state index in [2.05, 4.69) is 21.2 Å². The lowest BCUT2D eigenvalue weighted by Crippen LogP contribution is -2.20. The van der Waals surface area contributed by atoms with Crippen LogP contribution in [0.3, 0.4) is 0 Å². The first-order chi connectivity index (χ1) is 9.95. The number of carboxylic acid groups (broad SMARTS) is 1. The summed E-state index contributed by atoms with van der Waals surface area (Å²) in [7, 11) is 0. The molecule has 5 heteroatoms. The van der Waals surface area contributed by atoms with Gasteiger partial charge in [0.2, 0.25) is 0 Å². The number of aromatic carboxylic acids is 1. The second-order valence-electron chi connectivity index (χ2n) is 4.87. The summed E-state index contributed by atoms with van der Waals surface area (Å²) < 4.78 is 13.6. The summed E-state index contributed by atoms with van der Waals surface area (Å²) in [6.07, 6.45) is 0.676. The van der Waals surface area contributed by atoms with Crippen molar-refractivity contribution in [3.8, 4) is 0 Å². The fourth-order valence-electron chi connectivity index (χ4n) is 2.11. The molecule has 0 heterocycles. The molecular formula is C16H15BrFNO2. The van der Waals surface area contributed by atoms with Gasteiger partial charge in [-0.1, -0.05) is 28.1 Å². The van der Waals surface area contributed by atoms with Crippen LogP contribution >= 0.6 is 15.9 Å². The summed E-state index contributed by atoms with van der Waals surface area (Å²) >= 11 is 3.26. The van der Waals surface area contributed by atoms with Crippen LogP contribution in [0.1, 0.15) is 22.8 Å². The van der Waals surface area contributed by atoms with Crippen LogP contribution in [0.2, 0.25) is 0 Å². The molecule has 0 aliphatic rings. The Morgan fingerprint density at radius 1 is 1.29 bits per heavy atom. The van der Waals surface area contributed by atoms with E-state index in [-0.39, 0.29) is 17.4 Å². The number of benzene rings is 2. The minimum absolute atomic E-state index is 0.0229. The number of anilines is 1. The van der Waals surface area contributed by atoms with Crippen molar-refractivity contribution in [3.63, 3.8) is 0 Å². The molecule has 110 valence electrons. The van der Waals surface area contributed by atoms with Crippen molar-refractivity contribution in [1.29, 1.82) is 0 Å². The molecule has 0 aliphatic heterocycles. The van der Waals surface area contributed by atoms with Crippen LogP contribution < -0.4 is 5.32 Å². The molecule has 0 spiro atoms. The molecule has 3 nitrogen and oxygen atoms in total. The van der Waals surface area contributed by atoms with Gasteiger partial charge in [0, 0.05) is 16.2 Å². The normalized spacial score (nSPS) is 12.0. The Hall–Kier alpha value is -1.88. The molecule has 2 aromatic carbocycles. The Morgan fingerprint density at radius 3 is 2.57 bits per heavy atom. The van der Waals surface area contributed by atoms with E-state index in [1.165, 1.54) is 12.1 Å². The highest BCUT2D eigenvalue weighted by molar-refractivity contribution is 9.10. The zero-order valence-corrected chi connectivity index (χ0v) is 13.0. The first-order valence-electron chi connectivity index (χ1n) is 6.49. The molecule has 0 aliphatic carbocycles. The third-order valence-electron chi connectivity index (χ3n) is 3.07. The minimum Gasteiger partial charge on any atom is -0.478 e. The lowest BCUT2D eigenvalue weighted by atomic mass is 10.1. The Morgan fingerprint density at radius 2 is 1.95 bits per heavy atom. The Balaban J connectivity index is 2.10. The van der Waals surface area contributed by atoms with Crippen molar-refractivity contribution in [2.24, 2.45) is 0 Å². The average molecular weight is 352 g/mol. The van der Waals surface area contributed by atoms with Gasteiger partial charge in [0.1, 0.15) is 5.82 Å². The number of halogens is 2. The molecule has 0 saturated heterocycles. The summed E-state index contributed by atoms with van der Waals surface area (Å²) in [6.45, 7) is 1.96. The summed E-state index contributed by atoms with van der Waals surface area (Å²) in [6, 6.07) is 11.4. The number of nitrogens with one attached hydrogen (secondary N) is 1. The fourth-order valence-corrected chi connectivity index (χ4v) is 2.47. The van der Waals surface area contributed by atoms with Crippen LogP contribution in [0, 0.1) is 5.82 Å². The lowest BCUT2D eigenvalue weighted by Gasteiger charge is -2.17. The standard InChI is InChI=1S/C16H15BrFNO2/c1-10(8-11-2-5-13(18)6-3-11)19-15-7-4-12(17)9-14(15)16(20)21/h2-7,9-10,19H,8H2,1H3,(H,20,21).